The molecule has 1 heterocycles. The van der Waals surface area contributed by atoms with Gasteiger partial charge in [-0.1, -0.05) is 18.0 Å². The molecule has 0 saturated heterocycles. The maximum absolute atomic E-state index is 12.4. The van der Waals surface area contributed by atoms with Crippen LogP contribution < -0.4 is 5.32 Å². The van der Waals surface area contributed by atoms with E-state index < -0.39 is 0 Å². The zero-order chi connectivity index (χ0) is 19.9. The smallest absolute Gasteiger partial charge is 0.341 e. The van der Waals surface area contributed by atoms with Crippen LogP contribution in [0.1, 0.15) is 52.9 Å². The second kappa shape index (κ2) is 10.3. The number of halogens is 1. The number of carbonyl (C=O) groups is 2. The molecule has 28 heavy (non-hydrogen) atoms. The van der Waals surface area contributed by atoms with Gasteiger partial charge in [0.2, 0.25) is 5.91 Å². The fraction of sp³-hybridized carbons (Fsp3) is 0.429. The van der Waals surface area contributed by atoms with Crippen molar-refractivity contribution in [2.75, 3.05) is 18.2 Å². The van der Waals surface area contributed by atoms with Gasteiger partial charge < -0.3 is 10.1 Å². The van der Waals surface area contributed by atoms with Gasteiger partial charge in [-0.25, -0.2) is 4.79 Å². The maximum atomic E-state index is 12.4. The number of hydrogen-bond donors (Lipinski definition) is 1. The lowest BCUT2D eigenvalue weighted by atomic mass is 10.1. The summed E-state index contributed by atoms with van der Waals surface area (Å²) in [6, 6.07) is 7.69. The third-order valence-corrected chi connectivity index (χ3v) is 7.25. The van der Waals surface area contributed by atoms with Gasteiger partial charge in [-0.2, -0.15) is 0 Å². The van der Waals surface area contributed by atoms with Crippen LogP contribution in [0.4, 0.5) is 5.00 Å². The molecule has 4 nitrogen and oxygen atoms in total. The first kappa shape index (κ1) is 21.2. The number of ether oxygens (including phenoxy) is 1. The molecule has 0 radical (unpaired) electrons. The average molecular weight is 438 g/mol. The van der Waals surface area contributed by atoms with E-state index in [-0.39, 0.29) is 11.9 Å². The summed E-state index contributed by atoms with van der Waals surface area (Å²) in [5, 5.41) is 4.33. The number of amides is 1. The van der Waals surface area contributed by atoms with Crippen molar-refractivity contribution in [1.29, 1.82) is 0 Å². The van der Waals surface area contributed by atoms with Gasteiger partial charge in [0.25, 0.3) is 0 Å². The quantitative estimate of drug-likeness (QED) is 0.251. The number of methoxy groups -OCH3 is 1. The van der Waals surface area contributed by atoms with Gasteiger partial charge in [-0.15, -0.1) is 23.1 Å². The topological polar surface area (TPSA) is 55.4 Å². The van der Waals surface area contributed by atoms with Crippen molar-refractivity contribution >= 4 is 51.6 Å². The van der Waals surface area contributed by atoms with Gasteiger partial charge in [0.15, 0.2) is 0 Å². The van der Waals surface area contributed by atoms with Gasteiger partial charge >= 0.3 is 5.97 Å². The molecule has 0 atom stereocenters. The molecule has 0 unspecified atom stereocenters. The van der Waals surface area contributed by atoms with E-state index in [4.69, 9.17) is 16.3 Å². The molecule has 150 valence electrons. The highest BCUT2D eigenvalue weighted by Gasteiger charge is 2.26. The molecule has 0 aliphatic heterocycles. The first-order chi connectivity index (χ1) is 13.6. The van der Waals surface area contributed by atoms with E-state index in [1.165, 1.54) is 29.7 Å². The number of nitrogens with one attached hydrogen (secondary N) is 1. The van der Waals surface area contributed by atoms with E-state index in [1.807, 2.05) is 24.3 Å². The fourth-order valence-corrected chi connectivity index (χ4v) is 5.56. The van der Waals surface area contributed by atoms with Crippen LogP contribution in [-0.4, -0.2) is 24.7 Å². The molecule has 7 heteroatoms. The van der Waals surface area contributed by atoms with Crippen LogP contribution in [0, 0.1) is 0 Å². The summed E-state index contributed by atoms with van der Waals surface area (Å²) in [5.74, 6) is 0.436. The van der Waals surface area contributed by atoms with E-state index in [2.05, 4.69) is 5.32 Å². The molecular formula is C21H24ClNO3S2. The Balaban J connectivity index is 1.57. The summed E-state index contributed by atoms with van der Waals surface area (Å²) >= 11 is 9.13. The number of fused-ring (bicyclic) bond motifs is 1. The Labute approximate surface area is 179 Å². The fourth-order valence-electron chi connectivity index (χ4n) is 3.29. The first-order valence-corrected chi connectivity index (χ1v) is 11.7. The maximum Gasteiger partial charge on any atom is 0.341 e. The standard InChI is InChI=1S/C21H24ClNO3S2/c1-26-21(25)19-16-6-3-2-4-7-17(16)28-20(19)23-18(24)8-5-13-27-15-11-9-14(22)10-12-15/h9-12H,2-8,13H2,1H3,(H,23,24). The monoisotopic (exact) mass is 437 g/mol. The number of rotatable bonds is 7. The molecule has 1 aliphatic carbocycles. The Kier molecular flexibility index (Phi) is 7.82. The van der Waals surface area contributed by atoms with E-state index in [9.17, 15) is 9.59 Å². The van der Waals surface area contributed by atoms with Crippen LogP contribution in [0.15, 0.2) is 29.2 Å². The second-order valence-electron chi connectivity index (χ2n) is 6.71. The molecule has 1 aromatic heterocycles. The lowest BCUT2D eigenvalue weighted by Crippen LogP contribution is -2.14. The van der Waals surface area contributed by atoms with Gasteiger partial charge in [0.1, 0.15) is 5.00 Å². The highest BCUT2D eigenvalue weighted by molar-refractivity contribution is 7.99. The summed E-state index contributed by atoms with van der Waals surface area (Å²) in [5.41, 5.74) is 1.64. The number of thioether (sulfide) groups is 1. The molecule has 1 aromatic carbocycles. The lowest BCUT2D eigenvalue weighted by molar-refractivity contribution is -0.116. The summed E-state index contributed by atoms with van der Waals surface area (Å²) < 4.78 is 4.98. The average Bonchev–Trinajstić information content (AvgIpc) is 2.86. The highest BCUT2D eigenvalue weighted by atomic mass is 35.5. The Hall–Kier alpha value is -1.50. The third-order valence-electron chi connectivity index (χ3n) is 4.69. The molecule has 1 aliphatic rings. The number of thiophene rings is 1. The van der Waals surface area contributed by atoms with Crippen LogP contribution in [-0.2, 0) is 22.4 Å². The highest BCUT2D eigenvalue weighted by Crippen LogP contribution is 2.38. The van der Waals surface area contributed by atoms with Gasteiger partial charge in [-0.05, 0) is 67.7 Å². The van der Waals surface area contributed by atoms with E-state index >= 15 is 0 Å². The van der Waals surface area contributed by atoms with Gasteiger partial charge in [0.05, 0.1) is 12.7 Å². The molecule has 1 N–H and O–H groups in total. The number of aryl methyl sites for hydroxylation is 1. The van der Waals surface area contributed by atoms with Gasteiger partial charge in [0, 0.05) is 21.2 Å². The number of hydrogen-bond acceptors (Lipinski definition) is 5. The van der Waals surface area contributed by atoms with Crippen molar-refractivity contribution in [2.24, 2.45) is 0 Å². The molecule has 0 fully saturated rings. The molecular weight excluding hydrogens is 414 g/mol. The second-order valence-corrected chi connectivity index (χ2v) is 9.42. The Bertz CT molecular complexity index is 833. The van der Waals surface area contributed by atoms with Crippen molar-refractivity contribution < 1.29 is 14.3 Å². The lowest BCUT2D eigenvalue weighted by Gasteiger charge is -2.07. The van der Waals surface area contributed by atoms with Crippen molar-refractivity contribution in [3.05, 3.63) is 45.3 Å². The normalized spacial score (nSPS) is 13.5. The molecule has 3 rings (SSSR count). The molecule has 0 bridgehead atoms. The van der Waals surface area contributed by atoms with Crippen molar-refractivity contribution in [1.82, 2.24) is 0 Å². The Morgan fingerprint density at radius 2 is 1.93 bits per heavy atom. The van der Waals surface area contributed by atoms with Crippen LogP contribution >= 0.6 is 34.7 Å². The number of carbonyl (C=O) groups excluding carboxylic acids is 2. The minimum Gasteiger partial charge on any atom is -0.465 e. The Morgan fingerprint density at radius 3 is 2.68 bits per heavy atom. The van der Waals surface area contributed by atoms with Crippen LogP contribution in [0.2, 0.25) is 5.02 Å². The van der Waals surface area contributed by atoms with Crippen molar-refractivity contribution in [2.45, 2.75) is 49.8 Å². The van der Waals surface area contributed by atoms with Gasteiger partial charge in [-0.3, -0.25) is 4.79 Å². The van der Waals surface area contributed by atoms with E-state index in [1.54, 1.807) is 11.8 Å². The predicted octanol–water partition coefficient (Wildman–Crippen LogP) is 5.97. The van der Waals surface area contributed by atoms with Crippen LogP contribution in [0.25, 0.3) is 0 Å². The largest absolute Gasteiger partial charge is 0.465 e. The predicted molar refractivity (Wildman–Crippen MR) is 117 cm³/mol. The molecule has 1 amide bonds. The minimum absolute atomic E-state index is 0.0572. The number of anilines is 1. The van der Waals surface area contributed by atoms with Crippen molar-refractivity contribution in [3.63, 3.8) is 0 Å². The van der Waals surface area contributed by atoms with Crippen LogP contribution in [0.3, 0.4) is 0 Å². The van der Waals surface area contributed by atoms with Crippen molar-refractivity contribution in [3.8, 4) is 0 Å². The zero-order valence-corrected chi connectivity index (χ0v) is 18.3. The SMILES string of the molecule is COC(=O)c1c(NC(=O)CCCSc2ccc(Cl)cc2)sc2c1CCCCC2. The van der Waals surface area contributed by atoms with E-state index in [0.717, 1.165) is 53.3 Å². The summed E-state index contributed by atoms with van der Waals surface area (Å²) in [4.78, 5) is 27.1. The summed E-state index contributed by atoms with van der Waals surface area (Å²) in [6.45, 7) is 0. The number of benzene rings is 1. The third kappa shape index (κ3) is 5.52. The van der Waals surface area contributed by atoms with Crippen LogP contribution in [0.5, 0.6) is 0 Å². The molecule has 2 aromatic rings. The van der Waals surface area contributed by atoms with E-state index in [0.29, 0.717) is 17.0 Å². The Morgan fingerprint density at radius 1 is 1.18 bits per heavy atom. The first-order valence-electron chi connectivity index (χ1n) is 9.49. The molecule has 0 spiro atoms. The number of esters is 1. The summed E-state index contributed by atoms with van der Waals surface area (Å²) in [7, 11) is 1.39. The zero-order valence-electron chi connectivity index (χ0n) is 15.9. The minimum atomic E-state index is -0.354. The summed E-state index contributed by atoms with van der Waals surface area (Å²) in [6.07, 6.45) is 6.41. The molecule has 0 saturated carbocycles.